The van der Waals surface area contributed by atoms with Gasteiger partial charge in [0.1, 0.15) is 5.75 Å². The number of hydrogen-bond donors (Lipinski definition) is 1. The normalized spacial score (nSPS) is 12.4. The quantitative estimate of drug-likeness (QED) is 0.899. The van der Waals surface area contributed by atoms with E-state index in [0.29, 0.717) is 28.9 Å². The molecule has 1 aromatic heterocycles. The highest BCUT2D eigenvalue weighted by Gasteiger charge is 2.08. The Hall–Kier alpha value is -1.59. The predicted octanol–water partition coefficient (Wildman–Crippen LogP) is 2.19. The zero-order valence-corrected chi connectivity index (χ0v) is 10.7. The summed E-state index contributed by atoms with van der Waals surface area (Å²) in [5, 5.41) is 4.48. The molecule has 1 heterocycles. The van der Waals surface area contributed by atoms with Crippen LogP contribution in [0.1, 0.15) is 18.6 Å². The molecule has 0 amide bonds. The Morgan fingerprint density at radius 2 is 2.11 bits per heavy atom. The Balaban J connectivity index is 1.90. The molecule has 1 atom stereocenters. The number of halogens is 1. The number of aromatic nitrogens is 2. The van der Waals surface area contributed by atoms with Crippen LogP contribution in [0, 0.1) is 0 Å². The van der Waals surface area contributed by atoms with Gasteiger partial charge in [-0.05, 0) is 31.2 Å². The van der Waals surface area contributed by atoms with Crippen LogP contribution in [0.3, 0.4) is 0 Å². The van der Waals surface area contributed by atoms with Gasteiger partial charge >= 0.3 is 0 Å². The van der Waals surface area contributed by atoms with Crippen molar-refractivity contribution in [2.75, 3.05) is 0 Å². The average Bonchev–Trinajstić information content (AvgIpc) is 2.75. The molecule has 0 spiro atoms. The molecule has 0 radical (unpaired) electrons. The minimum Gasteiger partial charge on any atom is -0.484 e. The lowest BCUT2D eigenvalue weighted by atomic mass is 10.2. The maximum atomic E-state index is 5.77. The van der Waals surface area contributed by atoms with Crippen LogP contribution in [-0.2, 0) is 13.0 Å². The molecule has 96 valence electrons. The van der Waals surface area contributed by atoms with E-state index in [4.69, 9.17) is 26.6 Å². The summed E-state index contributed by atoms with van der Waals surface area (Å²) in [5.41, 5.74) is 5.65. The first kappa shape index (κ1) is 12.9. The highest BCUT2D eigenvalue weighted by Crippen LogP contribution is 2.16. The second kappa shape index (κ2) is 5.84. The summed E-state index contributed by atoms with van der Waals surface area (Å²) in [7, 11) is 0. The summed E-state index contributed by atoms with van der Waals surface area (Å²) in [4.78, 5) is 4.17. The Bertz CT molecular complexity index is 496. The van der Waals surface area contributed by atoms with Crippen LogP contribution in [0.25, 0.3) is 0 Å². The predicted molar refractivity (Wildman–Crippen MR) is 67.4 cm³/mol. The zero-order valence-electron chi connectivity index (χ0n) is 9.97. The van der Waals surface area contributed by atoms with Crippen molar-refractivity contribution in [3.05, 3.63) is 41.0 Å². The van der Waals surface area contributed by atoms with E-state index in [9.17, 15) is 0 Å². The van der Waals surface area contributed by atoms with E-state index in [2.05, 4.69) is 10.1 Å². The lowest BCUT2D eigenvalue weighted by Crippen LogP contribution is -2.18. The van der Waals surface area contributed by atoms with Gasteiger partial charge in [0, 0.05) is 17.5 Å². The first-order valence-electron chi connectivity index (χ1n) is 5.59. The van der Waals surface area contributed by atoms with Crippen LogP contribution in [-0.4, -0.2) is 16.2 Å². The first-order chi connectivity index (χ1) is 8.63. The van der Waals surface area contributed by atoms with Crippen LogP contribution in [0.15, 0.2) is 28.8 Å². The summed E-state index contributed by atoms with van der Waals surface area (Å²) < 4.78 is 10.5. The number of nitrogens with zero attached hydrogens (tertiary/aromatic N) is 2. The van der Waals surface area contributed by atoms with E-state index >= 15 is 0 Å². The van der Waals surface area contributed by atoms with E-state index in [1.165, 1.54) is 0 Å². The molecule has 2 rings (SSSR count). The van der Waals surface area contributed by atoms with Gasteiger partial charge in [-0.2, -0.15) is 4.98 Å². The lowest BCUT2D eigenvalue weighted by molar-refractivity contribution is 0.242. The molecule has 2 N–H and O–H groups in total. The Morgan fingerprint density at radius 3 is 2.78 bits per heavy atom. The number of rotatable bonds is 5. The van der Waals surface area contributed by atoms with Crippen molar-refractivity contribution in [1.29, 1.82) is 0 Å². The summed E-state index contributed by atoms with van der Waals surface area (Å²) in [6.07, 6.45) is 0.588. The fraction of sp³-hybridized carbons (Fsp3) is 0.333. The first-order valence-corrected chi connectivity index (χ1v) is 5.96. The number of nitrogens with two attached hydrogens (primary N) is 1. The molecule has 18 heavy (non-hydrogen) atoms. The largest absolute Gasteiger partial charge is 0.484 e. The standard InChI is InChI=1S/C12H14ClN3O2/c1-8(14)6-11-15-12(18-16-11)7-17-10-4-2-9(13)3-5-10/h2-5,8H,6-7,14H2,1H3. The Morgan fingerprint density at radius 1 is 1.39 bits per heavy atom. The molecule has 0 aliphatic heterocycles. The van der Waals surface area contributed by atoms with Crippen molar-refractivity contribution in [2.24, 2.45) is 5.73 Å². The molecular formula is C12H14ClN3O2. The summed E-state index contributed by atoms with van der Waals surface area (Å²) >= 11 is 5.77. The molecule has 0 aliphatic rings. The van der Waals surface area contributed by atoms with Crippen LogP contribution >= 0.6 is 11.6 Å². The Kier molecular flexibility index (Phi) is 4.17. The van der Waals surface area contributed by atoms with Crippen LogP contribution in [0.2, 0.25) is 5.02 Å². The zero-order chi connectivity index (χ0) is 13.0. The third kappa shape index (κ3) is 3.72. The smallest absolute Gasteiger partial charge is 0.264 e. The van der Waals surface area contributed by atoms with Gasteiger partial charge in [0.05, 0.1) is 0 Å². The molecule has 0 aliphatic carbocycles. The van der Waals surface area contributed by atoms with Crippen LogP contribution in [0.5, 0.6) is 5.75 Å². The minimum absolute atomic E-state index is 0.00707. The third-order valence-corrected chi connectivity index (χ3v) is 2.44. The van der Waals surface area contributed by atoms with Crippen LogP contribution < -0.4 is 10.5 Å². The van der Waals surface area contributed by atoms with Crippen molar-refractivity contribution < 1.29 is 9.26 Å². The maximum Gasteiger partial charge on any atom is 0.264 e. The minimum atomic E-state index is 0.00707. The fourth-order valence-corrected chi connectivity index (χ4v) is 1.52. The topological polar surface area (TPSA) is 74.2 Å². The second-order valence-corrected chi connectivity index (χ2v) is 4.46. The number of hydrogen-bond acceptors (Lipinski definition) is 5. The molecule has 0 saturated heterocycles. The molecule has 6 heteroatoms. The Labute approximate surface area is 110 Å². The average molecular weight is 268 g/mol. The van der Waals surface area contributed by atoms with E-state index in [-0.39, 0.29) is 12.6 Å². The van der Waals surface area contributed by atoms with Gasteiger partial charge in [0.2, 0.25) is 0 Å². The third-order valence-electron chi connectivity index (χ3n) is 2.19. The van der Waals surface area contributed by atoms with E-state index in [0.717, 1.165) is 0 Å². The van der Waals surface area contributed by atoms with Gasteiger partial charge in [-0.25, -0.2) is 0 Å². The molecule has 0 fully saturated rings. The molecular weight excluding hydrogens is 254 g/mol. The van der Waals surface area contributed by atoms with Gasteiger partial charge in [-0.3, -0.25) is 0 Å². The van der Waals surface area contributed by atoms with Crippen molar-refractivity contribution >= 4 is 11.6 Å². The highest BCUT2D eigenvalue weighted by atomic mass is 35.5. The molecule has 0 saturated carbocycles. The van der Waals surface area contributed by atoms with Gasteiger partial charge < -0.3 is 15.0 Å². The lowest BCUT2D eigenvalue weighted by Gasteiger charge is -2.02. The van der Waals surface area contributed by atoms with E-state index in [1.807, 2.05) is 6.92 Å². The number of benzene rings is 1. The molecule has 5 nitrogen and oxygen atoms in total. The molecule has 0 bridgehead atoms. The van der Waals surface area contributed by atoms with Crippen molar-refractivity contribution in [3.8, 4) is 5.75 Å². The SMILES string of the molecule is CC(N)Cc1noc(COc2ccc(Cl)cc2)n1. The fourth-order valence-electron chi connectivity index (χ4n) is 1.40. The molecule has 2 aromatic rings. The van der Waals surface area contributed by atoms with Gasteiger partial charge in [-0.15, -0.1) is 0 Å². The van der Waals surface area contributed by atoms with Gasteiger partial charge in [-0.1, -0.05) is 16.8 Å². The molecule has 1 aromatic carbocycles. The van der Waals surface area contributed by atoms with E-state index in [1.54, 1.807) is 24.3 Å². The van der Waals surface area contributed by atoms with E-state index < -0.39 is 0 Å². The molecule has 1 unspecified atom stereocenters. The van der Waals surface area contributed by atoms with Crippen molar-refractivity contribution in [1.82, 2.24) is 10.1 Å². The van der Waals surface area contributed by atoms with Gasteiger partial charge in [0.15, 0.2) is 12.4 Å². The van der Waals surface area contributed by atoms with Crippen molar-refractivity contribution in [3.63, 3.8) is 0 Å². The maximum absolute atomic E-state index is 5.77. The number of ether oxygens (including phenoxy) is 1. The highest BCUT2D eigenvalue weighted by molar-refractivity contribution is 6.30. The van der Waals surface area contributed by atoms with Crippen molar-refractivity contribution in [2.45, 2.75) is 26.0 Å². The summed E-state index contributed by atoms with van der Waals surface area (Å²) in [5.74, 6) is 1.73. The van der Waals surface area contributed by atoms with Crippen LogP contribution in [0.4, 0.5) is 0 Å². The van der Waals surface area contributed by atoms with Gasteiger partial charge in [0.25, 0.3) is 5.89 Å². The summed E-state index contributed by atoms with van der Waals surface area (Å²) in [6, 6.07) is 7.08. The second-order valence-electron chi connectivity index (χ2n) is 4.03. The monoisotopic (exact) mass is 267 g/mol. The summed E-state index contributed by atoms with van der Waals surface area (Å²) in [6.45, 7) is 2.12.